The van der Waals surface area contributed by atoms with Crippen LogP contribution in [-0.2, 0) is 20.7 Å². The SMILES string of the molecule is CCC(=C(c1ccc(OCCN(C)C)cc1)c1cccc(O)c1)c1ccccc1.CCC(=C(c1ccc(OCCN(C)C)cc1)c1cccc(O)c1)c1ccccc1.COc1cccc2c1C(=O)c1c(O)c3c(c(O)c1C2=O)C[C@@](O)(C(=O)CO)C[C@@H]3O[C@H]1C[C@H](N)[C@H](O)[C@H](C)O1. The first-order valence-corrected chi connectivity index (χ1v) is 32.5. The summed E-state index contributed by atoms with van der Waals surface area (Å²) >= 11 is 0. The molecule has 18 nitrogen and oxygen atoms in total. The molecule has 1 saturated heterocycles. The number of benzene rings is 8. The molecule has 11 rings (SSSR count). The standard InChI is InChI=1S/C27H29NO11.2C26H29NO2/c1-10-22(31)13(28)6-17(38-10)39-15-8-27(36,16(30)9-29)7-12-19(15)26(35)21-20(24(12)33)23(32)11-4-3-5-14(37-2)18(11)25(21)34;2*1-4-25(20-9-6-5-7-10-20)26(22-11-8-12-23(28)19-22)21-13-15-24(16-14-21)29-18-17-27(2)3/h3-5,10,13,15,17,22,29,31,33,35-36H,6-9,28H2,1-2H3;2*5-16,19,28H,4,17-18H2,1-3H3/t10-,13-,15-,17-,22+,27-;;/m0../s1. The van der Waals surface area contributed by atoms with E-state index in [4.69, 9.17) is 29.4 Å². The quantitative estimate of drug-likeness (QED) is 0.0245. The van der Waals surface area contributed by atoms with Gasteiger partial charge in [0.2, 0.25) is 5.78 Å². The summed E-state index contributed by atoms with van der Waals surface area (Å²) in [5.41, 5.74) is 13.8. The lowest BCUT2D eigenvalue weighted by Gasteiger charge is -2.42. The van der Waals surface area contributed by atoms with Gasteiger partial charge in [0, 0.05) is 55.1 Å². The van der Waals surface area contributed by atoms with Crippen molar-refractivity contribution in [3.05, 3.63) is 243 Å². The lowest BCUT2D eigenvalue weighted by atomic mass is 9.72. The number of allylic oxidation sites excluding steroid dienone is 2. The van der Waals surface area contributed by atoms with Crippen LogP contribution in [0.25, 0.3) is 22.3 Å². The number of carbonyl (C=O) groups excluding carboxylic acids is 3. The predicted molar refractivity (Wildman–Crippen MR) is 374 cm³/mol. The van der Waals surface area contributed by atoms with Crippen LogP contribution in [0, 0.1) is 0 Å². The van der Waals surface area contributed by atoms with Crippen LogP contribution < -0.4 is 19.9 Å². The molecule has 3 aliphatic rings. The van der Waals surface area contributed by atoms with Gasteiger partial charge in [-0.1, -0.05) is 135 Å². The van der Waals surface area contributed by atoms with Crippen LogP contribution in [0.2, 0.25) is 0 Å². The number of methoxy groups -OCH3 is 1. The summed E-state index contributed by atoms with van der Waals surface area (Å²) in [7, 11) is 9.47. The van der Waals surface area contributed by atoms with Gasteiger partial charge < -0.3 is 75.0 Å². The van der Waals surface area contributed by atoms with Crippen molar-refractivity contribution in [2.24, 2.45) is 5.73 Å². The molecule has 0 bridgehead atoms. The molecule has 0 aromatic heterocycles. The van der Waals surface area contributed by atoms with E-state index in [1.165, 1.54) is 47.6 Å². The smallest absolute Gasteiger partial charge is 0.202 e. The van der Waals surface area contributed by atoms with E-state index >= 15 is 0 Å². The average Bonchev–Trinajstić information content (AvgIpc) is 0.712. The molecular weight excluding hydrogens is 1230 g/mol. The van der Waals surface area contributed by atoms with E-state index in [2.05, 4.69) is 109 Å². The van der Waals surface area contributed by atoms with Crippen molar-refractivity contribution in [2.45, 2.75) is 89.1 Å². The van der Waals surface area contributed by atoms with Crippen LogP contribution in [0.4, 0.5) is 0 Å². The zero-order chi connectivity index (χ0) is 69.7. The number of hydrogen-bond donors (Lipinski definition) is 8. The van der Waals surface area contributed by atoms with Gasteiger partial charge in [-0.3, -0.25) is 14.4 Å². The summed E-state index contributed by atoms with van der Waals surface area (Å²) < 4.78 is 28.7. The molecule has 508 valence electrons. The van der Waals surface area contributed by atoms with Gasteiger partial charge in [-0.2, -0.15) is 0 Å². The number of aliphatic hydroxyl groups is 3. The summed E-state index contributed by atoms with van der Waals surface area (Å²) in [5, 5.41) is 73.8. The van der Waals surface area contributed by atoms with Crippen molar-refractivity contribution in [2.75, 3.05) is 68.2 Å². The predicted octanol–water partition coefficient (Wildman–Crippen LogP) is 11.4. The zero-order valence-electron chi connectivity index (χ0n) is 56.1. The molecule has 9 N–H and O–H groups in total. The Balaban J connectivity index is 0.000000174. The Hall–Kier alpha value is -9.47. The van der Waals surface area contributed by atoms with E-state index in [1.54, 1.807) is 19.1 Å². The fourth-order valence-corrected chi connectivity index (χ4v) is 12.6. The van der Waals surface area contributed by atoms with Gasteiger partial charge in [-0.15, -0.1) is 0 Å². The summed E-state index contributed by atoms with van der Waals surface area (Å²) in [4.78, 5) is 43.9. The Kier molecular flexibility index (Phi) is 24.1. The van der Waals surface area contributed by atoms with E-state index in [1.807, 2.05) is 88.9 Å². The highest BCUT2D eigenvalue weighted by Crippen LogP contribution is 2.53. The van der Waals surface area contributed by atoms with Gasteiger partial charge >= 0.3 is 0 Å². The van der Waals surface area contributed by atoms with Crippen LogP contribution in [-0.4, -0.2) is 161 Å². The van der Waals surface area contributed by atoms with E-state index < -0.39 is 95.7 Å². The molecular formula is C79H87N3O15. The largest absolute Gasteiger partial charge is 0.508 e. The maximum atomic E-state index is 13.6. The monoisotopic (exact) mass is 1320 g/mol. The third kappa shape index (κ3) is 16.7. The normalized spacial score (nSPS) is 19.2. The third-order valence-corrected chi connectivity index (χ3v) is 17.5. The van der Waals surface area contributed by atoms with Crippen molar-refractivity contribution < 1.29 is 73.8 Å². The Morgan fingerprint density at radius 2 is 1.08 bits per heavy atom. The van der Waals surface area contributed by atoms with Gasteiger partial charge in [0.1, 0.15) is 65.7 Å². The number of aromatic hydroxyl groups is 4. The van der Waals surface area contributed by atoms with E-state index in [9.17, 15) is 50.1 Å². The van der Waals surface area contributed by atoms with Crippen molar-refractivity contribution >= 4 is 39.6 Å². The number of phenols is 4. The maximum absolute atomic E-state index is 13.6. The van der Waals surface area contributed by atoms with Crippen LogP contribution in [0.3, 0.4) is 0 Å². The highest BCUT2D eigenvalue weighted by molar-refractivity contribution is 6.31. The molecule has 1 heterocycles. The minimum atomic E-state index is -2.24. The number of nitrogens with two attached hydrogens (primary N) is 1. The van der Waals surface area contributed by atoms with Crippen molar-refractivity contribution in [3.63, 3.8) is 0 Å². The second kappa shape index (κ2) is 32.5. The average molecular weight is 1320 g/mol. The molecule has 0 radical (unpaired) electrons. The Morgan fingerprint density at radius 3 is 1.53 bits per heavy atom. The van der Waals surface area contributed by atoms with Gasteiger partial charge in [0.25, 0.3) is 0 Å². The number of ether oxygens (including phenoxy) is 5. The number of aliphatic hydroxyl groups excluding tert-OH is 2. The molecule has 0 spiro atoms. The van der Waals surface area contributed by atoms with E-state index in [0.29, 0.717) is 13.2 Å². The number of likely N-dealkylation sites (N-methyl/N-ethyl adjacent to an activating group) is 2. The molecule has 97 heavy (non-hydrogen) atoms. The molecule has 0 saturated carbocycles. The number of hydrogen-bond acceptors (Lipinski definition) is 18. The highest BCUT2D eigenvalue weighted by atomic mass is 16.7. The van der Waals surface area contributed by atoms with Crippen LogP contribution in [0.5, 0.6) is 40.2 Å². The van der Waals surface area contributed by atoms with E-state index in [-0.39, 0.29) is 45.9 Å². The number of carbonyl (C=O) groups is 3. The van der Waals surface area contributed by atoms with Crippen molar-refractivity contribution in [3.8, 4) is 40.2 Å². The minimum Gasteiger partial charge on any atom is -0.508 e. The van der Waals surface area contributed by atoms with Crippen molar-refractivity contribution in [1.82, 2.24) is 9.80 Å². The number of fused-ring (bicyclic) bond motifs is 3. The number of phenolic OH excluding ortho intramolecular Hbond substituents is 4. The van der Waals surface area contributed by atoms with Crippen molar-refractivity contribution in [1.29, 1.82) is 0 Å². The molecule has 8 aromatic rings. The first kappa shape index (κ1) is 71.8. The Bertz CT molecular complexity index is 3940. The van der Waals surface area contributed by atoms with E-state index in [0.717, 1.165) is 70.8 Å². The lowest BCUT2D eigenvalue weighted by molar-refractivity contribution is -0.247. The zero-order valence-corrected chi connectivity index (χ0v) is 56.1. The molecule has 6 atom stereocenters. The maximum Gasteiger partial charge on any atom is 0.202 e. The molecule has 1 aliphatic heterocycles. The first-order chi connectivity index (χ1) is 46.6. The summed E-state index contributed by atoms with van der Waals surface area (Å²) in [6.07, 6.45) is -3.35. The highest BCUT2D eigenvalue weighted by Gasteiger charge is 2.50. The Labute approximate surface area is 566 Å². The molecule has 18 heteroatoms. The molecule has 0 unspecified atom stereocenters. The fraction of sp³-hybridized carbons (Fsp3) is 0.304. The summed E-state index contributed by atoms with van der Waals surface area (Å²) in [5.74, 6) is -1.50. The third-order valence-electron chi connectivity index (χ3n) is 17.5. The van der Waals surface area contributed by atoms with Crippen LogP contribution in [0.1, 0.15) is 129 Å². The number of nitrogens with zero attached hydrogens (tertiary/aromatic N) is 2. The first-order valence-electron chi connectivity index (χ1n) is 32.5. The number of Topliss-reactive ketones (excluding diaryl/α,β-unsaturated/α-hetero) is 1. The number of ketones is 3. The fourth-order valence-electron chi connectivity index (χ4n) is 12.6. The summed E-state index contributed by atoms with van der Waals surface area (Å²) in [6, 6.07) is 55.9. The topological polar surface area (TPSA) is 271 Å². The molecule has 8 aromatic carbocycles. The molecule has 1 fully saturated rings. The lowest BCUT2D eigenvalue weighted by Crippen LogP contribution is -2.53. The minimum absolute atomic E-state index is 0.0173. The van der Waals surface area contributed by atoms with Crippen LogP contribution in [0.15, 0.2) is 176 Å². The van der Waals surface area contributed by atoms with Gasteiger partial charge in [-0.25, -0.2) is 0 Å². The van der Waals surface area contributed by atoms with Gasteiger partial charge in [-0.05, 0) is 158 Å². The Morgan fingerprint density at radius 1 is 0.608 bits per heavy atom. The molecule has 0 amide bonds. The molecule has 2 aliphatic carbocycles. The van der Waals surface area contributed by atoms with Gasteiger partial charge in [0.15, 0.2) is 17.9 Å². The second-order valence-electron chi connectivity index (χ2n) is 24.8. The summed E-state index contributed by atoms with van der Waals surface area (Å²) in [6.45, 7) is 7.98. The van der Waals surface area contributed by atoms with Crippen LogP contribution >= 0.6 is 0 Å². The number of rotatable bonds is 21. The van der Waals surface area contributed by atoms with Gasteiger partial charge in [0.05, 0.1) is 42.1 Å². The second-order valence-corrected chi connectivity index (χ2v) is 24.8.